The molecule has 2 nitrogen and oxygen atoms in total. The van der Waals surface area contributed by atoms with Gasteiger partial charge in [-0.25, -0.2) is 0 Å². The van der Waals surface area contributed by atoms with Crippen molar-refractivity contribution in [2.24, 2.45) is 10.9 Å². The van der Waals surface area contributed by atoms with Gasteiger partial charge in [-0.3, -0.25) is 0 Å². The van der Waals surface area contributed by atoms with Gasteiger partial charge in [0, 0.05) is 4.88 Å². The lowest BCUT2D eigenvalue weighted by molar-refractivity contribution is 1.24. The van der Waals surface area contributed by atoms with Gasteiger partial charge in [0.05, 0.1) is 10.6 Å². The van der Waals surface area contributed by atoms with Crippen molar-refractivity contribution in [2.45, 2.75) is 13.8 Å². The Balaban J connectivity index is 2.95. The van der Waals surface area contributed by atoms with Crippen LogP contribution in [-0.2, 0) is 0 Å². The summed E-state index contributed by atoms with van der Waals surface area (Å²) >= 11 is 1.71. The first kappa shape index (κ1) is 7.28. The predicted octanol–water partition coefficient (Wildman–Crippen LogP) is 1.74. The summed E-state index contributed by atoms with van der Waals surface area (Å²) in [7, 11) is 0. The zero-order valence-electron chi connectivity index (χ0n) is 6.09. The van der Waals surface area contributed by atoms with E-state index >= 15 is 0 Å². The zero-order valence-corrected chi connectivity index (χ0v) is 6.90. The molecular formula is C7H10N2S. The van der Waals surface area contributed by atoms with E-state index < -0.39 is 0 Å². The molecule has 1 heterocycles. The molecule has 1 aromatic heterocycles. The smallest absolute Gasteiger partial charge is 0.0741 e. The number of hydrogen-bond acceptors (Lipinski definition) is 3. The molecule has 0 unspecified atom stereocenters. The quantitative estimate of drug-likeness (QED) is 0.373. The molecule has 3 heteroatoms. The Hall–Kier alpha value is -0.830. The predicted molar refractivity (Wildman–Crippen MR) is 45.5 cm³/mol. The fourth-order valence-corrected chi connectivity index (χ4v) is 1.51. The first-order valence-corrected chi connectivity index (χ1v) is 3.87. The van der Waals surface area contributed by atoms with Crippen molar-refractivity contribution in [3.05, 3.63) is 21.9 Å². The monoisotopic (exact) mass is 154 g/mol. The SMILES string of the molecule is C/C(=N/N)c1ccc(C)s1. The molecular weight excluding hydrogens is 144 g/mol. The maximum absolute atomic E-state index is 5.11. The van der Waals surface area contributed by atoms with Gasteiger partial charge in [-0.1, -0.05) is 0 Å². The second-order valence-corrected chi connectivity index (χ2v) is 3.41. The van der Waals surface area contributed by atoms with Crippen LogP contribution in [0.2, 0.25) is 0 Å². The van der Waals surface area contributed by atoms with Crippen molar-refractivity contribution in [1.29, 1.82) is 0 Å². The second-order valence-electron chi connectivity index (χ2n) is 2.12. The molecule has 0 amide bonds. The summed E-state index contributed by atoms with van der Waals surface area (Å²) in [6.45, 7) is 3.98. The summed E-state index contributed by atoms with van der Waals surface area (Å²) in [5.74, 6) is 5.11. The van der Waals surface area contributed by atoms with Gasteiger partial charge in [0.15, 0.2) is 0 Å². The van der Waals surface area contributed by atoms with Crippen LogP contribution < -0.4 is 5.84 Å². The van der Waals surface area contributed by atoms with Crippen molar-refractivity contribution >= 4 is 17.0 Å². The average molecular weight is 154 g/mol. The molecule has 0 radical (unpaired) electrons. The van der Waals surface area contributed by atoms with E-state index in [0.29, 0.717) is 0 Å². The van der Waals surface area contributed by atoms with E-state index in [1.54, 1.807) is 11.3 Å². The molecule has 0 atom stereocenters. The van der Waals surface area contributed by atoms with E-state index in [2.05, 4.69) is 18.1 Å². The number of nitrogens with zero attached hydrogens (tertiary/aromatic N) is 1. The summed E-state index contributed by atoms with van der Waals surface area (Å²) in [6, 6.07) is 4.10. The lowest BCUT2D eigenvalue weighted by atomic mass is 10.3. The van der Waals surface area contributed by atoms with Gasteiger partial charge in [-0.15, -0.1) is 11.3 Å². The van der Waals surface area contributed by atoms with Crippen molar-refractivity contribution < 1.29 is 0 Å². The normalized spacial score (nSPS) is 12.0. The van der Waals surface area contributed by atoms with E-state index in [-0.39, 0.29) is 0 Å². The molecule has 0 bridgehead atoms. The number of aryl methyl sites for hydroxylation is 1. The number of thiophene rings is 1. The van der Waals surface area contributed by atoms with Crippen LogP contribution in [0, 0.1) is 6.92 Å². The van der Waals surface area contributed by atoms with E-state index in [4.69, 9.17) is 5.84 Å². The molecule has 0 fully saturated rings. The van der Waals surface area contributed by atoms with Crippen LogP contribution in [0.4, 0.5) is 0 Å². The Morgan fingerprint density at radius 3 is 2.70 bits per heavy atom. The molecule has 0 saturated heterocycles. The third-order valence-corrected chi connectivity index (χ3v) is 2.40. The molecule has 0 aliphatic heterocycles. The molecule has 54 valence electrons. The highest BCUT2D eigenvalue weighted by molar-refractivity contribution is 7.14. The molecule has 0 aliphatic rings. The lowest BCUT2D eigenvalue weighted by Crippen LogP contribution is -1.94. The van der Waals surface area contributed by atoms with E-state index in [9.17, 15) is 0 Å². The minimum absolute atomic E-state index is 0.901. The molecule has 1 aromatic rings. The van der Waals surface area contributed by atoms with Gasteiger partial charge in [0.25, 0.3) is 0 Å². The fourth-order valence-electron chi connectivity index (χ4n) is 0.693. The Kier molecular flexibility index (Phi) is 2.06. The Bertz CT molecular complexity index is 250. The Morgan fingerprint density at radius 1 is 1.60 bits per heavy atom. The summed E-state index contributed by atoms with van der Waals surface area (Å²) in [5, 5.41) is 3.60. The number of nitrogens with two attached hydrogens (primary N) is 1. The van der Waals surface area contributed by atoms with Crippen molar-refractivity contribution in [3.63, 3.8) is 0 Å². The molecule has 0 saturated carbocycles. The number of hydrazone groups is 1. The van der Waals surface area contributed by atoms with Crippen LogP contribution in [0.25, 0.3) is 0 Å². The third-order valence-electron chi connectivity index (χ3n) is 1.29. The second kappa shape index (κ2) is 2.84. The Labute approximate surface area is 64.4 Å². The van der Waals surface area contributed by atoms with Crippen LogP contribution in [-0.4, -0.2) is 5.71 Å². The maximum Gasteiger partial charge on any atom is 0.0741 e. The Morgan fingerprint density at radius 2 is 2.30 bits per heavy atom. The topological polar surface area (TPSA) is 38.4 Å². The lowest BCUT2D eigenvalue weighted by Gasteiger charge is -1.89. The molecule has 0 aromatic carbocycles. The summed E-state index contributed by atoms with van der Waals surface area (Å²) in [6.07, 6.45) is 0. The van der Waals surface area contributed by atoms with Crippen molar-refractivity contribution in [1.82, 2.24) is 0 Å². The van der Waals surface area contributed by atoms with Crippen LogP contribution >= 0.6 is 11.3 Å². The first-order valence-electron chi connectivity index (χ1n) is 3.05. The van der Waals surface area contributed by atoms with Crippen molar-refractivity contribution in [2.75, 3.05) is 0 Å². The first-order chi connectivity index (χ1) is 4.74. The molecule has 0 spiro atoms. The van der Waals surface area contributed by atoms with Crippen LogP contribution in [0.5, 0.6) is 0 Å². The van der Waals surface area contributed by atoms with Crippen LogP contribution in [0.15, 0.2) is 17.2 Å². The standard InChI is InChI=1S/C7H10N2S/c1-5-3-4-7(10-5)6(2)9-8/h3-4H,8H2,1-2H3/b9-6-. The fraction of sp³-hybridized carbons (Fsp3) is 0.286. The maximum atomic E-state index is 5.11. The van der Waals surface area contributed by atoms with Crippen LogP contribution in [0.1, 0.15) is 16.7 Å². The number of rotatable bonds is 1. The summed E-state index contributed by atoms with van der Waals surface area (Å²) in [5.41, 5.74) is 0.901. The third kappa shape index (κ3) is 1.36. The largest absolute Gasteiger partial charge is 0.323 e. The van der Waals surface area contributed by atoms with Gasteiger partial charge in [0.2, 0.25) is 0 Å². The molecule has 0 aliphatic carbocycles. The van der Waals surface area contributed by atoms with Crippen LogP contribution in [0.3, 0.4) is 0 Å². The van der Waals surface area contributed by atoms with Gasteiger partial charge < -0.3 is 5.84 Å². The molecule has 10 heavy (non-hydrogen) atoms. The van der Waals surface area contributed by atoms with Gasteiger partial charge in [-0.2, -0.15) is 5.10 Å². The molecule has 2 N–H and O–H groups in total. The molecule has 1 rings (SSSR count). The number of hydrogen-bond donors (Lipinski definition) is 1. The van der Waals surface area contributed by atoms with E-state index in [1.165, 1.54) is 4.88 Å². The zero-order chi connectivity index (χ0) is 7.56. The van der Waals surface area contributed by atoms with Crippen molar-refractivity contribution in [3.8, 4) is 0 Å². The van der Waals surface area contributed by atoms with Gasteiger partial charge >= 0.3 is 0 Å². The van der Waals surface area contributed by atoms with Gasteiger partial charge in [-0.05, 0) is 26.0 Å². The highest BCUT2D eigenvalue weighted by atomic mass is 32.1. The van der Waals surface area contributed by atoms with E-state index in [1.807, 2.05) is 13.0 Å². The van der Waals surface area contributed by atoms with E-state index in [0.717, 1.165) is 10.6 Å². The highest BCUT2D eigenvalue weighted by Crippen LogP contribution is 2.15. The summed E-state index contributed by atoms with van der Waals surface area (Å²) < 4.78 is 0. The minimum atomic E-state index is 0.901. The van der Waals surface area contributed by atoms with Gasteiger partial charge in [0.1, 0.15) is 0 Å². The minimum Gasteiger partial charge on any atom is -0.323 e. The average Bonchev–Trinajstić information content (AvgIpc) is 2.34. The summed E-state index contributed by atoms with van der Waals surface area (Å²) in [4.78, 5) is 2.44. The highest BCUT2D eigenvalue weighted by Gasteiger charge is 1.98.